The molecule has 9 nitrogen and oxygen atoms in total. The number of esters is 2. The van der Waals surface area contributed by atoms with Gasteiger partial charge in [0.2, 0.25) is 0 Å². The molecule has 2 atom stereocenters. The molecule has 0 fully saturated rings. The van der Waals surface area contributed by atoms with Crippen LogP contribution >= 0.6 is 7.82 Å². The molecule has 0 spiro atoms. The van der Waals surface area contributed by atoms with Crippen LogP contribution in [0.1, 0.15) is 142 Å². The van der Waals surface area contributed by atoms with Crippen LogP contribution < -0.4 is 5.73 Å². The summed E-state index contributed by atoms with van der Waals surface area (Å²) in [5, 5.41) is 0. The molecule has 0 aromatic heterocycles. The minimum atomic E-state index is -4.39. The van der Waals surface area contributed by atoms with Crippen molar-refractivity contribution in [3.8, 4) is 0 Å². The first-order chi connectivity index (χ1) is 23.8. The van der Waals surface area contributed by atoms with E-state index in [4.69, 9.17) is 24.3 Å². The fourth-order valence-electron chi connectivity index (χ4n) is 4.69. The molecule has 10 heteroatoms. The quantitative estimate of drug-likeness (QED) is 0.0220. The van der Waals surface area contributed by atoms with Crippen LogP contribution in [0.5, 0.6) is 0 Å². The number of rotatable bonds is 34. The molecule has 3 N–H and O–H groups in total. The Morgan fingerprint density at radius 1 is 0.653 bits per heavy atom. The second-order valence-electron chi connectivity index (χ2n) is 12.1. The van der Waals surface area contributed by atoms with E-state index in [0.717, 1.165) is 44.9 Å². The van der Waals surface area contributed by atoms with E-state index in [0.29, 0.717) is 12.8 Å². The highest BCUT2D eigenvalue weighted by Gasteiger charge is 2.25. The summed E-state index contributed by atoms with van der Waals surface area (Å²) in [4.78, 5) is 34.6. The molecule has 0 heterocycles. The molecule has 0 rings (SSSR count). The summed E-state index contributed by atoms with van der Waals surface area (Å²) in [5.41, 5.74) is 5.32. The number of phosphoric acid groups is 1. The highest BCUT2D eigenvalue weighted by Crippen LogP contribution is 2.43. The van der Waals surface area contributed by atoms with Crippen LogP contribution in [0.3, 0.4) is 0 Å². The van der Waals surface area contributed by atoms with Crippen LogP contribution in [-0.2, 0) is 32.7 Å². The largest absolute Gasteiger partial charge is 0.472 e. The summed E-state index contributed by atoms with van der Waals surface area (Å²) in [6, 6.07) is 0. The molecular weight excluding hydrogens is 641 g/mol. The first-order valence-corrected chi connectivity index (χ1v) is 20.3. The molecule has 0 radical (unpaired) electrons. The number of carbonyl (C=O) groups is 2. The van der Waals surface area contributed by atoms with E-state index in [1.165, 1.54) is 57.8 Å². The average Bonchev–Trinajstić information content (AvgIpc) is 3.08. The minimum Gasteiger partial charge on any atom is -0.462 e. The maximum atomic E-state index is 12.5. The van der Waals surface area contributed by atoms with Gasteiger partial charge in [-0.1, -0.05) is 139 Å². The number of allylic oxidation sites excluding steroid dienone is 10. The van der Waals surface area contributed by atoms with Crippen LogP contribution in [0.15, 0.2) is 60.8 Å². The number of ether oxygens (including phenoxy) is 2. The molecule has 0 aromatic rings. The van der Waals surface area contributed by atoms with Gasteiger partial charge in [0.1, 0.15) is 6.61 Å². The molecular formula is C39H68NO8P. The molecule has 0 aliphatic rings. The second-order valence-corrected chi connectivity index (χ2v) is 13.6. The number of nitrogens with two attached hydrogens (primary N) is 1. The molecule has 0 bridgehead atoms. The van der Waals surface area contributed by atoms with Crippen LogP contribution in [0.4, 0.5) is 0 Å². The van der Waals surface area contributed by atoms with Gasteiger partial charge in [0.25, 0.3) is 0 Å². The van der Waals surface area contributed by atoms with Gasteiger partial charge >= 0.3 is 19.8 Å². The predicted molar refractivity (Wildman–Crippen MR) is 201 cm³/mol. The molecule has 0 aliphatic carbocycles. The van der Waals surface area contributed by atoms with E-state index in [1.807, 2.05) is 18.2 Å². The topological polar surface area (TPSA) is 134 Å². The monoisotopic (exact) mass is 709 g/mol. The van der Waals surface area contributed by atoms with Gasteiger partial charge in [0.15, 0.2) is 6.10 Å². The Labute approximate surface area is 298 Å². The lowest BCUT2D eigenvalue weighted by molar-refractivity contribution is -0.161. The molecule has 0 aliphatic heterocycles. The molecule has 49 heavy (non-hydrogen) atoms. The Bertz CT molecular complexity index is 992. The Morgan fingerprint density at radius 2 is 1.24 bits per heavy atom. The molecule has 0 saturated heterocycles. The van der Waals surface area contributed by atoms with E-state index in [9.17, 15) is 19.0 Å². The lowest BCUT2D eigenvalue weighted by Gasteiger charge is -2.19. The lowest BCUT2D eigenvalue weighted by atomic mass is 10.1. The number of unbranched alkanes of at least 4 members (excludes halogenated alkanes) is 13. The van der Waals surface area contributed by atoms with Crippen LogP contribution in [0, 0.1) is 0 Å². The zero-order valence-electron chi connectivity index (χ0n) is 30.7. The fourth-order valence-corrected chi connectivity index (χ4v) is 5.45. The zero-order chi connectivity index (χ0) is 36.1. The van der Waals surface area contributed by atoms with Crippen LogP contribution in [0.25, 0.3) is 0 Å². The van der Waals surface area contributed by atoms with Gasteiger partial charge in [-0.15, -0.1) is 0 Å². The zero-order valence-corrected chi connectivity index (χ0v) is 31.5. The van der Waals surface area contributed by atoms with Gasteiger partial charge in [-0.3, -0.25) is 18.6 Å². The number of hydrogen-bond donors (Lipinski definition) is 2. The summed E-state index contributed by atoms with van der Waals surface area (Å²) < 4.78 is 32.5. The highest BCUT2D eigenvalue weighted by molar-refractivity contribution is 7.47. The SMILES string of the molecule is CC/C=C/C=C/C=C/CCCCCCCCCC(=O)OCC(COP(=O)(O)OCCN)OC(=O)CC/C=C/C/C=C/CCCCCCCC. The summed E-state index contributed by atoms with van der Waals surface area (Å²) in [6.07, 6.45) is 39.8. The summed E-state index contributed by atoms with van der Waals surface area (Å²) in [5.74, 6) is -0.928. The first-order valence-electron chi connectivity index (χ1n) is 18.8. The third-order valence-corrected chi connectivity index (χ3v) is 8.45. The molecule has 282 valence electrons. The molecule has 0 aromatic carbocycles. The maximum Gasteiger partial charge on any atom is 0.472 e. The van der Waals surface area contributed by atoms with E-state index in [2.05, 4.69) is 56.4 Å². The Hall–Kier alpha value is -2.29. The first kappa shape index (κ1) is 46.7. The van der Waals surface area contributed by atoms with Gasteiger partial charge in [-0.25, -0.2) is 4.57 Å². The lowest BCUT2D eigenvalue weighted by Crippen LogP contribution is -2.29. The minimum absolute atomic E-state index is 0.0413. The maximum absolute atomic E-state index is 12.5. The number of hydrogen-bond acceptors (Lipinski definition) is 8. The fraction of sp³-hybridized carbons (Fsp3) is 0.692. The normalized spacial score (nSPS) is 14.1. The van der Waals surface area contributed by atoms with Gasteiger partial charge < -0.3 is 20.1 Å². The Kier molecular flexibility index (Phi) is 33.9. The number of phosphoric ester groups is 1. The molecule has 2 unspecified atom stereocenters. The third kappa shape index (κ3) is 35.3. The summed E-state index contributed by atoms with van der Waals surface area (Å²) >= 11 is 0. The van der Waals surface area contributed by atoms with Crippen molar-refractivity contribution < 1.29 is 37.6 Å². The van der Waals surface area contributed by atoms with Crippen molar-refractivity contribution in [1.29, 1.82) is 0 Å². The van der Waals surface area contributed by atoms with Crippen molar-refractivity contribution in [3.63, 3.8) is 0 Å². The molecule has 0 amide bonds. The standard InChI is InChI=1S/C39H68NO8P/c1-3-5-7-9-11-13-15-17-18-20-21-23-25-27-29-31-38(41)45-35-37(36-47-49(43,44)46-34-33-40)48-39(42)32-30-28-26-24-22-19-16-14-12-10-8-6-4-2/h5,7,9,11,13,15,19,22,26,28,37H,3-4,6,8,10,12,14,16-18,20-21,23-25,27,29-36,40H2,1-2H3,(H,43,44)/b7-5+,11-9+,15-13+,22-19+,28-26+. The average molecular weight is 710 g/mol. The smallest absolute Gasteiger partial charge is 0.462 e. The third-order valence-electron chi connectivity index (χ3n) is 7.46. The highest BCUT2D eigenvalue weighted by atomic mass is 31.2. The van der Waals surface area contributed by atoms with Crippen molar-refractivity contribution in [2.24, 2.45) is 5.73 Å². The summed E-state index contributed by atoms with van der Waals surface area (Å²) in [6.45, 7) is 3.48. The Morgan fingerprint density at radius 3 is 1.90 bits per heavy atom. The van der Waals surface area contributed by atoms with E-state index < -0.39 is 32.5 Å². The van der Waals surface area contributed by atoms with Gasteiger partial charge in [0.05, 0.1) is 13.2 Å². The van der Waals surface area contributed by atoms with Crippen molar-refractivity contribution >= 4 is 19.8 Å². The van der Waals surface area contributed by atoms with Crippen molar-refractivity contribution in [3.05, 3.63) is 60.8 Å². The van der Waals surface area contributed by atoms with Crippen molar-refractivity contribution in [2.45, 2.75) is 148 Å². The van der Waals surface area contributed by atoms with Crippen molar-refractivity contribution in [1.82, 2.24) is 0 Å². The van der Waals surface area contributed by atoms with Crippen LogP contribution in [-0.4, -0.2) is 49.3 Å². The predicted octanol–water partition coefficient (Wildman–Crippen LogP) is 10.2. The van der Waals surface area contributed by atoms with Gasteiger partial charge in [-0.05, 0) is 51.4 Å². The van der Waals surface area contributed by atoms with E-state index in [1.54, 1.807) is 0 Å². The molecule has 0 saturated carbocycles. The van der Waals surface area contributed by atoms with Gasteiger partial charge in [0, 0.05) is 19.4 Å². The number of carbonyl (C=O) groups excluding carboxylic acids is 2. The van der Waals surface area contributed by atoms with E-state index in [-0.39, 0.29) is 32.6 Å². The second kappa shape index (κ2) is 35.5. The van der Waals surface area contributed by atoms with E-state index >= 15 is 0 Å². The van der Waals surface area contributed by atoms with Crippen LogP contribution in [0.2, 0.25) is 0 Å². The van der Waals surface area contributed by atoms with Gasteiger partial charge in [-0.2, -0.15) is 0 Å². The van der Waals surface area contributed by atoms with Crippen molar-refractivity contribution in [2.75, 3.05) is 26.4 Å². The Balaban J connectivity index is 4.33. The summed E-state index contributed by atoms with van der Waals surface area (Å²) in [7, 11) is -4.39.